The highest BCUT2D eigenvalue weighted by molar-refractivity contribution is 9.10. The quantitative estimate of drug-likeness (QED) is 0.641. The van der Waals surface area contributed by atoms with Crippen LogP contribution in [0.15, 0.2) is 16.6 Å². The molecule has 0 fully saturated rings. The topological polar surface area (TPSA) is 52.3 Å². The van der Waals surface area contributed by atoms with Crippen molar-refractivity contribution in [3.8, 4) is 5.75 Å². The largest absolute Gasteiger partial charge is 0.497 e. The van der Waals surface area contributed by atoms with E-state index in [-0.39, 0.29) is 5.78 Å². The summed E-state index contributed by atoms with van der Waals surface area (Å²) in [6.07, 6.45) is 0. The lowest BCUT2D eigenvalue weighted by molar-refractivity contribution is 0.101. The van der Waals surface area contributed by atoms with Gasteiger partial charge in [0.15, 0.2) is 5.78 Å². The van der Waals surface area contributed by atoms with Crippen molar-refractivity contribution >= 4 is 27.4 Å². The SMILES string of the molecule is COc1cc(N)c(C(C)=O)c(Br)c1. The summed E-state index contributed by atoms with van der Waals surface area (Å²) in [5, 5.41) is 0. The number of ether oxygens (including phenoxy) is 1. The van der Waals surface area contributed by atoms with Crippen LogP contribution in [0.3, 0.4) is 0 Å². The fourth-order valence-electron chi connectivity index (χ4n) is 1.09. The Labute approximate surface area is 85.0 Å². The number of nitrogens with two attached hydrogens (primary N) is 1. The van der Waals surface area contributed by atoms with E-state index >= 15 is 0 Å². The summed E-state index contributed by atoms with van der Waals surface area (Å²) in [5.74, 6) is 0.571. The Bertz CT molecular complexity index is 326. The molecule has 0 bridgehead atoms. The predicted octanol–water partition coefficient (Wildman–Crippen LogP) is 2.24. The first-order chi connectivity index (χ1) is 6.06. The summed E-state index contributed by atoms with van der Waals surface area (Å²) in [4.78, 5) is 11.1. The summed E-state index contributed by atoms with van der Waals surface area (Å²) in [6, 6.07) is 3.34. The van der Waals surface area contributed by atoms with Crippen molar-refractivity contribution in [2.75, 3.05) is 12.8 Å². The predicted molar refractivity (Wildman–Crippen MR) is 55.1 cm³/mol. The molecular weight excluding hydrogens is 234 g/mol. The molecule has 0 unspecified atom stereocenters. The first kappa shape index (κ1) is 10.1. The molecule has 1 aromatic carbocycles. The van der Waals surface area contributed by atoms with Gasteiger partial charge in [-0.1, -0.05) is 0 Å². The molecule has 1 rings (SSSR count). The molecule has 2 N–H and O–H groups in total. The number of carbonyl (C=O) groups is 1. The van der Waals surface area contributed by atoms with E-state index in [1.807, 2.05) is 0 Å². The van der Waals surface area contributed by atoms with Gasteiger partial charge in [0.25, 0.3) is 0 Å². The standard InChI is InChI=1S/C9H10BrNO2/c1-5(12)9-7(10)3-6(13-2)4-8(9)11/h3-4H,11H2,1-2H3. The van der Waals surface area contributed by atoms with Crippen molar-refractivity contribution in [1.29, 1.82) is 0 Å². The van der Waals surface area contributed by atoms with Crippen LogP contribution >= 0.6 is 15.9 Å². The molecular formula is C9H10BrNO2. The molecule has 1 aromatic rings. The second kappa shape index (κ2) is 3.79. The number of hydrogen-bond donors (Lipinski definition) is 1. The number of ketones is 1. The van der Waals surface area contributed by atoms with Gasteiger partial charge in [-0.25, -0.2) is 0 Å². The van der Waals surface area contributed by atoms with E-state index in [0.29, 0.717) is 21.5 Å². The van der Waals surface area contributed by atoms with Gasteiger partial charge in [-0.3, -0.25) is 4.79 Å². The summed E-state index contributed by atoms with van der Waals surface area (Å²) in [5.41, 5.74) is 6.60. The van der Waals surface area contributed by atoms with Gasteiger partial charge in [0.1, 0.15) is 5.75 Å². The van der Waals surface area contributed by atoms with Crippen LogP contribution in [0.5, 0.6) is 5.75 Å². The molecule has 0 aromatic heterocycles. The number of hydrogen-bond acceptors (Lipinski definition) is 3. The summed E-state index contributed by atoms with van der Waals surface area (Å²) < 4.78 is 5.65. The van der Waals surface area contributed by atoms with E-state index in [0.717, 1.165) is 0 Å². The van der Waals surface area contributed by atoms with Crippen LogP contribution in [0.4, 0.5) is 5.69 Å². The van der Waals surface area contributed by atoms with Gasteiger partial charge < -0.3 is 10.5 Å². The van der Waals surface area contributed by atoms with Gasteiger partial charge in [0.05, 0.1) is 12.7 Å². The van der Waals surface area contributed by atoms with Crippen LogP contribution in [-0.4, -0.2) is 12.9 Å². The maximum Gasteiger partial charge on any atom is 0.163 e. The Hall–Kier alpha value is -1.03. The fraction of sp³-hybridized carbons (Fsp3) is 0.222. The number of rotatable bonds is 2. The first-order valence-corrected chi connectivity index (χ1v) is 4.49. The van der Waals surface area contributed by atoms with Gasteiger partial charge in [-0.15, -0.1) is 0 Å². The molecule has 0 saturated heterocycles. The molecule has 70 valence electrons. The maximum atomic E-state index is 11.1. The lowest BCUT2D eigenvalue weighted by Crippen LogP contribution is -2.01. The van der Waals surface area contributed by atoms with Gasteiger partial charge in [0.2, 0.25) is 0 Å². The molecule has 0 spiro atoms. The molecule has 0 amide bonds. The summed E-state index contributed by atoms with van der Waals surface area (Å²) >= 11 is 3.26. The van der Waals surface area contributed by atoms with Crippen LogP contribution in [0.2, 0.25) is 0 Å². The maximum absolute atomic E-state index is 11.1. The average Bonchev–Trinajstić information content (AvgIpc) is 2.02. The number of halogens is 1. The van der Waals surface area contributed by atoms with Crippen molar-refractivity contribution in [1.82, 2.24) is 0 Å². The molecule has 13 heavy (non-hydrogen) atoms. The summed E-state index contributed by atoms with van der Waals surface area (Å²) in [7, 11) is 1.55. The molecule has 0 heterocycles. The smallest absolute Gasteiger partial charge is 0.163 e. The average molecular weight is 244 g/mol. The Kier molecular flexibility index (Phi) is 2.93. The van der Waals surface area contributed by atoms with Crippen molar-refractivity contribution in [2.45, 2.75) is 6.92 Å². The molecule has 0 aliphatic heterocycles. The second-order valence-electron chi connectivity index (χ2n) is 2.63. The molecule has 0 aliphatic rings. The van der Waals surface area contributed by atoms with E-state index in [1.165, 1.54) is 6.92 Å². The van der Waals surface area contributed by atoms with Gasteiger partial charge >= 0.3 is 0 Å². The van der Waals surface area contributed by atoms with Crippen LogP contribution < -0.4 is 10.5 Å². The van der Waals surface area contributed by atoms with E-state index < -0.39 is 0 Å². The van der Waals surface area contributed by atoms with Crippen molar-refractivity contribution in [3.05, 3.63) is 22.2 Å². The lowest BCUT2D eigenvalue weighted by atomic mass is 10.1. The number of Topliss-reactive ketones (excluding diaryl/α,β-unsaturated/α-hetero) is 1. The van der Waals surface area contributed by atoms with Crippen molar-refractivity contribution < 1.29 is 9.53 Å². The molecule has 3 nitrogen and oxygen atoms in total. The minimum absolute atomic E-state index is 0.0629. The first-order valence-electron chi connectivity index (χ1n) is 3.70. The lowest BCUT2D eigenvalue weighted by Gasteiger charge is -2.07. The minimum atomic E-state index is -0.0629. The number of carbonyl (C=O) groups excluding carboxylic acids is 1. The third-order valence-electron chi connectivity index (χ3n) is 1.68. The number of benzene rings is 1. The van der Waals surface area contributed by atoms with E-state index in [9.17, 15) is 4.79 Å². The monoisotopic (exact) mass is 243 g/mol. The molecule has 0 atom stereocenters. The zero-order chi connectivity index (χ0) is 10.0. The second-order valence-corrected chi connectivity index (χ2v) is 3.48. The van der Waals surface area contributed by atoms with Crippen LogP contribution in [0.1, 0.15) is 17.3 Å². The Morgan fingerprint density at radius 3 is 2.54 bits per heavy atom. The van der Waals surface area contributed by atoms with Crippen LogP contribution in [0.25, 0.3) is 0 Å². The van der Waals surface area contributed by atoms with E-state index in [2.05, 4.69) is 15.9 Å². The Balaban J connectivity index is 3.31. The fourth-order valence-corrected chi connectivity index (χ4v) is 1.83. The number of nitrogen functional groups attached to an aromatic ring is 1. The molecule has 4 heteroatoms. The zero-order valence-corrected chi connectivity index (χ0v) is 9.01. The van der Waals surface area contributed by atoms with Crippen molar-refractivity contribution in [3.63, 3.8) is 0 Å². The Morgan fingerprint density at radius 2 is 2.15 bits per heavy atom. The van der Waals surface area contributed by atoms with Crippen LogP contribution in [0, 0.1) is 0 Å². The number of methoxy groups -OCH3 is 1. The highest BCUT2D eigenvalue weighted by atomic mass is 79.9. The highest BCUT2D eigenvalue weighted by Crippen LogP contribution is 2.28. The van der Waals surface area contributed by atoms with E-state index in [1.54, 1.807) is 19.2 Å². The molecule has 0 saturated carbocycles. The highest BCUT2D eigenvalue weighted by Gasteiger charge is 2.11. The van der Waals surface area contributed by atoms with Gasteiger partial charge in [-0.05, 0) is 28.9 Å². The number of anilines is 1. The normalized spacial score (nSPS) is 9.77. The zero-order valence-electron chi connectivity index (χ0n) is 7.43. The molecule has 0 radical (unpaired) electrons. The minimum Gasteiger partial charge on any atom is -0.497 e. The Morgan fingerprint density at radius 1 is 1.54 bits per heavy atom. The third kappa shape index (κ3) is 2.01. The van der Waals surface area contributed by atoms with Crippen molar-refractivity contribution in [2.24, 2.45) is 0 Å². The van der Waals surface area contributed by atoms with Crippen LogP contribution in [-0.2, 0) is 0 Å². The third-order valence-corrected chi connectivity index (χ3v) is 2.31. The summed E-state index contributed by atoms with van der Waals surface area (Å²) in [6.45, 7) is 1.48. The van der Waals surface area contributed by atoms with Gasteiger partial charge in [0, 0.05) is 16.2 Å². The molecule has 0 aliphatic carbocycles. The van der Waals surface area contributed by atoms with E-state index in [4.69, 9.17) is 10.5 Å². The van der Waals surface area contributed by atoms with Gasteiger partial charge in [-0.2, -0.15) is 0 Å².